The Hall–Kier alpha value is -2.66. The van der Waals surface area contributed by atoms with Crippen LogP contribution < -0.4 is 4.74 Å². The van der Waals surface area contributed by atoms with Gasteiger partial charge in [-0.15, -0.1) is 0 Å². The zero-order chi connectivity index (χ0) is 19.6. The molecule has 1 spiro atoms. The lowest BCUT2D eigenvalue weighted by atomic mass is 9.84. The van der Waals surface area contributed by atoms with Gasteiger partial charge in [0.25, 0.3) is 0 Å². The maximum absolute atomic E-state index is 12.7. The number of rotatable bonds is 6. The van der Waals surface area contributed by atoms with Gasteiger partial charge in [-0.3, -0.25) is 14.5 Å². The van der Waals surface area contributed by atoms with Gasteiger partial charge in [0, 0.05) is 6.42 Å². The Labute approximate surface area is 164 Å². The first-order valence-corrected chi connectivity index (χ1v) is 9.89. The fraction of sp³-hybridized carbons (Fsp3) is 0.391. The van der Waals surface area contributed by atoms with Crippen LogP contribution in [0.2, 0.25) is 0 Å². The standard InChI is InChI=1S/C23H25NO4/c25-19(15-24-21(26)14-23(22(24)27)12-4-5-13-23)16-28-20-10-8-18(9-11-20)17-6-2-1-3-7-17/h1-3,6-11,19,25H,4-5,12-16H2. The predicted octanol–water partition coefficient (Wildman–Crippen LogP) is 3.41. The van der Waals surface area contributed by atoms with Crippen molar-refractivity contribution in [2.75, 3.05) is 13.2 Å². The molecule has 2 aliphatic rings. The average molecular weight is 379 g/mol. The monoisotopic (exact) mass is 379 g/mol. The molecule has 1 aliphatic heterocycles. The van der Waals surface area contributed by atoms with E-state index in [1.165, 1.54) is 4.90 Å². The van der Waals surface area contributed by atoms with Gasteiger partial charge in [0.1, 0.15) is 18.5 Å². The second kappa shape index (κ2) is 7.76. The van der Waals surface area contributed by atoms with Crippen molar-refractivity contribution in [3.8, 4) is 16.9 Å². The molecule has 1 aliphatic carbocycles. The van der Waals surface area contributed by atoms with Gasteiger partial charge in [-0.2, -0.15) is 0 Å². The lowest BCUT2D eigenvalue weighted by molar-refractivity contribution is -0.143. The molecule has 5 nitrogen and oxygen atoms in total. The van der Waals surface area contributed by atoms with Crippen LogP contribution in [0.3, 0.4) is 0 Å². The van der Waals surface area contributed by atoms with Crippen LogP contribution in [-0.2, 0) is 9.59 Å². The highest BCUT2D eigenvalue weighted by atomic mass is 16.5. The maximum Gasteiger partial charge on any atom is 0.235 e. The van der Waals surface area contributed by atoms with E-state index in [1.54, 1.807) is 0 Å². The van der Waals surface area contributed by atoms with E-state index in [0.717, 1.165) is 36.8 Å². The van der Waals surface area contributed by atoms with Crippen LogP contribution in [0.5, 0.6) is 5.75 Å². The number of carbonyl (C=O) groups is 2. The van der Waals surface area contributed by atoms with E-state index in [1.807, 2.05) is 54.6 Å². The van der Waals surface area contributed by atoms with E-state index in [0.29, 0.717) is 12.2 Å². The zero-order valence-corrected chi connectivity index (χ0v) is 15.8. The Bertz CT molecular complexity index is 841. The van der Waals surface area contributed by atoms with Crippen LogP contribution in [0.15, 0.2) is 54.6 Å². The highest BCUT2D eigenvalue weighted by molar-refractivity contribution is 6.06. The third-order valence-corrected chi connectivity index (χ3v) is 5.85. The second-order valence-electron chi connectivity index (χ2n) is 7.83. The molecule has 2 fully saturated rings. The Morgan fingerprint density at radius 2 is 1.61 bits per heavy atom. The van der Waals surface area contributed by atoms with Crippen LogP contribution >= 0.6 is 0 Å². The molecule has 0 bridgehead atoms. The van der Waals surface area contributed by atoms with Gasteiger partial charge in [-0.1, -0.05) is 55.3 Å². The van der Waals surface area contributed by atoms with Gasteiger partial charge in [0.2, 0.25) is 11.8 Å². The minimum atomic E-state index is -0.904. The molecular formula is C23H25NO4. The molecule has 5 heteroatoms. The van der Waals surface area contributed by atoms with E-state index in [2.05, 4.69) is 0 Å². The lowest BCUT2D eigenvalue weighted by Gasteiger charge is -2.23. The van der Waals surface area contributed by atoms with Crippen molar-refractivity contribution >= 4 is 11.8 Å². The topological polar surface area (TPSA) is 66.8 Å². The molecule has 2 aromatic carbocycles. The summed E-state index contributed by atoms with van der Waals surface area (Å²) in [6.45, 7) is 0.0380. The number of ether oxygens (including phenoxy) is 1. The molecule has 0 aromatic heterocycles. The van der Waals surface area contributed by atoms with E-state index in [-0.39, 0.29) is 25.0 Å². The molecule has 1 saturated heterocycles. The van der Waals surface area contributed by atoms with Crippen molar-refractivity contribution in [2.45, 2.75) is 38.2 Å². The molecule has 1 heterocycles. The summed E-state index contributed by atoms with van der Waals surface area (Å²) in [5, 5.41) is 10.3. The first-order valence-electron chi connectivity index (χ1n) is 9.89. The van der Waals surface area contributed by atoms with Crippen molar-refractivity contribution in [3.63, 3.8) is 0 Å². The quantitative estimate of drug-likeness (QED) is 0.781. The highest BCUT2D eigenvalue weighted by Crippen LogP contribution is 2.46. The minimum absolute atomic E-state index is 0.00150. The number of aliphatic hydroxyl groups excluding tert-OH is 1. The summed E-state index contributed by atoms with van der Waals surface area (Å²) in [7, 11) is 0. The molecule has 2 aromatic rings. The number of β-amino-alcohol motifs (C(OH)–C–C–N with tert-alkyl or cyclic N) is 1. The molecule has 146 valence electrons. The van der Waals surface area contributed by atoms with Crippen molar-refractivity contribution in [1.82, 2.24) is 4.90 Å². The predicted molar refractivity (Wildman–Crippen MR) is 106 cm³/mol. The molecular weight excluding hydrogens is 354 g/mol. The van der Waals surface area contributed by atoms with Crippen LogP contribution in [0.4, 0.5) is 0 Å². The lowest BCUT2D eigenvalue weighted by Crippen LogP contribution is -2.41. The third-order valence-electron chi connectivity index (χ3n) is 5.85. The molecule has 1 unspecified atom stereocenters. The van der Waals surface area contributed by atoms with Gasteiger partial charge in [0.15, 0.2) is 0 Å². The summed E-state index contributed by atoms with van der Waals surface area (Å²) >= 11 is 0. The van der Waals surface area contributed by atoms with E-state index in [4.69, 9.17) is 4.74 Å². The summed E-state index contributed by atoms with van der Waals surface area (Å²) in [5.41, 5.74) is 1.72. The molecule has 28 heavy (non-hydrogen) atoms. The highest BCUT2D eigenvalue weighted by Gasteiger charge is 2.52. The number of hydrogen-bond donors (Lipinski definition) is 1. The number of imide groups is 1. The Morgan fingerprint density at radius 1 is 0.964 bits per heavy atom. The maximum atomic E-state index is 12.7. The van der Waals surface area contributed by atoms with E-state index in [9.17, 15) is 14.7 Å². The van der Waals surface area contributed by atoms with Gasteiger partial charge >= 0.3 is 0 Å². The van der Waals surface area contributed by atoms with Gasteiger partial charge < -0.3 is 9.84 Å². The number of carbonyl (C=O) groups excluding carboxylic acids is 2. The number of benzene rings is 2. The molecule has 1 N–H and O–H groups in total. The molecule has 0 radical (unpaired) electrons. The number of hydrogen-bond acceptors (Lipinski definition) is 4. The summed E-state index contributed by atoms with van der Waals surface area (Å²) in [6.07, 6.45) is 2.95. The summed E-state index contributed by atoms with van der Waals surface area (Å²) < 4.78 is 5.66. The molecule has 1 atom stereocenters. The third kappa shape index (κ3) is 3.67. The Balaban J connectivity index is 1.32. The van der Waals surface area contributed by atoms with Crippen LogP contribution in [0.25, 0.3) is 11.1 Å². The van der Waals surface area contributed by atoms with Gasteiger partial charge in [-0.25, -0.2) is 0 Å². The van der Waals surface area contributed by atoms with Gasteiger partial charge in [-0.05, 0) is 36.1 Å². The zero-order valence-electron chi connectivity index (χ0n) is 15.8. The largest absolute Gasteiger partial charge is 0.491 e. The Kier molecular flexibility index (Phi) is 5.18. The van der Waals surface area contributed by atoms with E-state index < -0.39 is 11.5 Å². The second-order valence-corrected chi connectivity index (χ2v) is 7.83. The van der Waals surface area contributed by atoms with Crippen LogP contribution in [0.1, 0.15) is 32.1 Å². The van der Waals surface area contributed by atoms with Crippen molar-refractivity contribution in [1.29, 1.82) is 0 Å². The SMILES string of the molecule is O=C1CC2(CCCC2)C(=O)N1CC(O)COc1ccc(-c2ccccc2)cc1. The number of aliphatic hydroxyl groups is 1. The fourth-order valence-corrected chi connectivity index (χ4v) is 4.32. The van der Waals surface area contributed by atoms with Crippen molar-refractivity contribution in [2.24, 2.45) is 5.41 Å². The average Bonchev–Trinajstić information content (AvgIpc) is 3.28. The van der Waals surface area contributed by atoms with Crippen molar-refractivity contribution in [3.05, 3.63) is 54.6 Å². The minimum Gasteiger partial charge on any atom is -0.491 e. The van der Waals surface area contributed by atoms with Crippen LogP contribution in [-0.4, -0.2) is 41.1 Å². The summed E-state index contributed by atoms with van der Waals surface area (Å²) in [4.78, 5) is 26.2. The van der Waals surface area contributed by atoms with E-state index >= 15 is 0 Å². The summed E-state index contributed by atoms with van der Waals surface area (Å²) in [5.74, 6) is 0.365. The molecule has 1 saturated carbocycles. The summed E-state index contributed by atoms with van der Waals surface area (Å²) in [6, 6.07) is 17.7. The first-order chi connectivity index (χ1) is 13.6. The smallest absolute Gasteiger partial charge is 0.235 e. The van der Waals surface area contributed by atoms with Crippen LogP contribution in [0, 0.1) is 5.41 Å². The first kappa shape index (κ1) is 18.7. The number of nitrogens with zero attached hydrogens (tertiary/aromatic N) is 1. The van der Waals surface area contributed by atoms with Crippen molar-refractivity contribution < 1.29 is 19.4 Å². The van der Waals surface area contributed by atoms with Gasteiger partial charge in [0.05, 0.1) is 12.0 Å². The molecule has 2 amide bonds. The number of likely N-dealkylation sites (tertiary alicyclic amines) is 1. The Morgan fingerprint density at radius 3 is 2.29 bits per heavy atom. The normalized spacial score (nSPS) is 19.4. The fourth-order valence-electron chi connectivity index (χ4n) is 4.32. The molecule has 4 rings (SSSR count). The number of amides is 2.